The molecule has 0 fully saturated rings. The number of methoxy groups -OCH3 is 1. The topological polar surface area (TPSA) is 96.4 Å². The molecule has 1 amide bonds. The summed E-state index contributed by atoms with van der Waals surface area (Å²) >= 11 is 0. The maximum Gasteiger partial charge on any atom is 0.412 e. The zero-order valence-electron chi connectivity index (χ0n) is 18.3. The molecule has 1 aliphatic heterocycles. The van der Waals surface area contributed by atoms with Gasteiger partial charge in [0.2, 0.25) is 0 Å². The normalized spacial score (nSPS) is 12.4. The number of carbonyl (C=O) groups excluding carboxylic acids is 1. The molecule has 0 saturated heterocycles. The van der Waals surface area contributed by atoms with Crippen molar-refractivity contribution in [3.63, 3.8) is 0 Å². The van der Waals surface area contributed by atoms with E-state index >= 15 is 0 Å². The summed E-state index contributed by atoms with van der Waals surface area (Å²) in [7, 11) is 1.26. The van der Waals surface area contributed by atoms with Crippen molar-refractivity contribution in [3.8, 4) is 11.1 Å². The summed E-state index contributed by atoms with van der Waals surface area (Å²) in [6, 6.07) is 11.5. The average Bonchev–Trinajstić information content (AvgIpc) is 3.24. The quantitative estimate of drug-likeness (QED) is 0.452. The van der Waals surface area contributed by atoms with Gasteiger partial charge in [0, 0.05) is 23.8 Å². The van der Waals surface area contributed by atoms with E-state index in [1.807, 2.05) is 0 Å². The number of halogens is 3. The van der Waals surface area contributed by atoms with Gasteiger partial charge >= 0.3 is 6.09 Å². The third kappa shape index (κ3) is 4.25. The first-order chi connectivity index (χ1) is 16.8. The van der Waals surface area contributed by atoms with Gasteiger partial charge in [0.1, 0.15) is 11.7 Å². The molecular weight excluding hydrogens is 461 g/mol. The van der Waals surface area contributed by atoms with Crippen LogP contribution in [0.4, 0.5) is 23.7 Å². The Morgan fingerprint density at radius 2 is 1.80 bits per heavy atom. The van der Waals surface area contributed by atoms with Gasteiger partial charge < -0.3 is 4.74 Å². The average molecular weight is 478 g/mol. The Kier molecular flexibility index (Phi) is 5.56. The minimum atomic E-state index is -1.13. The molecule has 176 valence electrons. The van der Waals surface area contributed by atoms with Gasteiger partial charge in [-0.1, -0.05) is 18.2 Å². The van der Waals surface area contributed by atoms with Crippen LogP contribution in [-0.4, -0.2) is 29.2 Å². The lowest BCUT2D eigenvalue weighted by Crippen LogP contribution is -2.30. The second kappa shape index (κ2) is 8.71. The second-order valence-electron chi connectivity index (χ2n) is 8.00. The van der Waals surface area contributed by atoms with E-state index in [-0.39, 0.29) is 17.2 Å². The Bertz CT molecular complexity index is 1600. The van der Waals surface area contributed by atoms with Crippen molar-refractivity contribution in [2.45, 2.75) is 12.8 Å². The van der Waals surface area contributed by atoms with Gasteiger partial charge in [-0.3, -0.25) is 10.1 Å². The highest BCUT2D eigenvalue weighted by Crippen LogP contribution is 2.33. The minimum Gasteiger partial charge on any atom is -0.453 e. The molecule has 3 aromatic carbocycles. The van der Waals surface area contributed by atoms with E-state index in [1.165, 1.54) is 13.2 Å². The van der Waals surface area contributed by atoms with Crippen LogP contribution in [0.25, 0.3) is 21.9 Å². The van der Waals surface area contributed by atoms with Gasteiger partial charge in [-0.05, 0) is 47.0 Å². The molecule has 0 atom stereocenters. The van der Waals surface area contributed by atoms with Crippen molar-refractivity contribution in [2.24, 2.45) is 4.99 Å². The maximum absolute atomic E-state index is 14.8. The van der Waals surface area contributed by atoms with E-state index in [0.717, 1.165) is 17.7 Å². The predicted molar refractivity (Wildman–Crippen MR) is 123 cm³/mol. The van der Waals surface area contributed by atoms with Gasteiger partial charge in [0.05, 0.1) is 23.9 Å². The number of H-pyrrole nitrogens is 1. The number of rotatable bonds is 3. The summed E-state index contributed by atoms with van der Waals surface area (Å²) in [4.78, 5) is 27.8. The zero-order valence-corrected chi connectivity index (χ0v) is 18.3. The Hall–Kier alpha value is -4.47. The highest BCUT2D eigenvalue weighted by molar-refractivity contribution is 6.01. The summed E-state index contributed by atoms with van der Waals surface area (Å²) in [6.07, 6.45) is -0.0707. The van der Waals surface area contributed by atoms with Crippen LogP contribution >= 0.6 is 0 Å². The Balaban J connectivity index is 1.49. The minimum absolute atomic E-state index is 0.0240. The third-order valence-electron chi connectivity index (χ3n) is 5.75. The van der Waals surface area contributed by atoms with Crippen LogP contribution in [0.3, 0.4) is 0 Å². The Morgan fingerprint density at radius 3 is 2.57 bits per heavy atom. The summed E-state index contributed by atoms with van der Waals surface area (Å²) in [6.45, 7) is 0. The second-order valence-corrected chi connectivity index (χ2v) is 8.00. The Morgan fingerprint density at radius 1 is 1.03 bits per heavy atom. The molecule has 5 rings (SSSR count). The highest BCUT2D eigenvalue weighted by Gasteiger charge is 2.19. The molecule has 2 N–H and O–H groups in total. The lowest BCUT2D eigenvalue weighted by atomic mass is 9.97. The number of nitrogens with zero attached hydrogens (tertiary/aromatic N) is 2. The predicted octanol–water partition coefficient (Wildman–Crippen LogP) is 4.54. The molecule has 0 bridgehead atoms. The van der Waals surface area contributed by atoms with E-state index in [9.17, 15) is 22.8 Å². The van der Waals surface area contributed by atoms with E-state index in [1.54, 1.807) is 30.3 Å². The molecular formula is C25H17F3N4O3. The first-order valence-electron chi connectivity index (χ1n) is 10.5. The van der Waals surface area contributed by atoms with Crippen LogP contribution in [-0.2, 0) is 17.6 Å². The first-order valence-corrected chi connectivity index (χ1v) is 10.5. The number of hydrogen-bond acceptors (Lipinski definition) is 5. The molecule has 0 aliphatic carbocycles. The summed E-state index contributed by atoms with van der Waals surface area (Å²) in [5.41, 5.74) is 2.66. The monoisotopic (exact) mass is 478 g/mol. The van der Waals surface area contributed by atoms with Crippen molar-refractivity contribution in [3.05, 3.63) is 93.2 Å². The lowest BCUT2D eigenvalue weighted by Gasteiger charge is -2.10. The number of amides is 1. The van der Waals surface area contributed by atoms with E-state index in [0.29, 0.717) is 40.3 Å². The van der Waals surface area contributed by atoms with Gasteiger partial charge in [0.25, 0.3) is 5.56 Å². The molecule has 7 nitrogen and oxygen atoms in total. The van der Waals surface area contributed by atoms with Gasteiger partial charge in [-0.2, -0.15) is 5.10 Å². The fraction of sp³-hybridized carbons (Fsp3) is 0.120. The van der Waals surface area contributed by atoms with E-state index in [2.05, 4.69) is 25.2 Å². The number of benzene rings is 3. The van der Waals surface area contributed by atoms with Gasteiger partial charge in [-0.25, -0.2) is 28.1 Å². The molecule has 1 aromatic heterocycles. The van der Waals surface area contributed by atoms with Crippen LogP contribution in [0, 0.1) is 17.5 Å². The molecule has 0 unspecified atom stereocenters. The van der Waals surface area contributed by atoms with Gasteiger partial charge in [-0.15, -0.1) is 0 Å². The largest absolute Gasteiger partial charge is 0.453 e. The van der Waals surface area contributed by atoms with E-state index in [4.69, 9.17) is 0 Å². The summed E-state index contributed by atoms with van der Waals surface area (Å²) in [5.74, 6) is -2.26. The fourth-order valence-corrected chi connectivity index (χ4v) is 4.04. The summed E-state index contributed by atoms with van der Waals surface area (Å²) in [5, 5.41) is 8.99. The van der Waals surface area contributed by atoms with Crippen LogP contribution < -0.4 is 10.9 Å². The number of fused-ring (bicyclic) bond motifs is 2. The molecule has 35 heavy (non-hydrogen) atoms. The number of nitrogens with one attached hydrogen (secondary N) is 2. The molecule has 4 aromatic rings. The van der Waals surface area contributed by atoms with Crippen LogP contribution in [0.5, 0.6) is 0 Å². The molecule has 0 saturated carbocycles. The standard InChI is InChI=1S/C25H17F3N4O3/c1-35-25(34)30-23-9-14-4-3-13(8-21(14)29-23)15-6-12(2-5-18(15)26)7-22-16-10-19(27)20(28)11-17(16)24(33)32-31-22/h2-6,8,10-11H,7,9H2,1H3,(H,32,33)(H,29,30,34). The first kappa shape index (κ1) is 22.3. The lowest BCUT2D eigenvalue weighted by molar-refractivity contribution is 0.176. The number of aliphatic imine (C=N–C) groups is 1. The molecule has 1 aliphatic rings. The number of carbonyl (C=O) groups is 1. The van der Waals surface area contributed by atoms with Crippen molar-refractivity contribution in [2.75, 3.05) is 7.11 Å². The number of alkyl carbamates (subject to hydrolysis) is 1. The highest BCUT2D eigenvalue weighted by atomic mass is 19.2. The Labute approximate surface area is 196 Å². The number of ether oxygens (including phenoxy) is 1. The van der Waals surface area contributed by atoms with Crippen molar-refractivity contribution >= 4 is 28.4 Å². The smallest absolute Gasteiger partial charge is 0.412 e. The number of hydrogen-bond donors (Lipinski definition) is 2. The van der Waals surface area contributed by atoms with Crippen molar-refractivity contribution < 1.29 is 22.7 Å². The number of aromatic nitrogens is 2. The van der Waals surface area contributed by atoms with Gasteiger partial charge in [0.15, 0.2) is 11.6 Å². The maximum atomic E-state index is 14.8. The molecule has 2 heterocycles. The SMILES string of the molecule is COC(=O)NC1=Nc2cc(-c3cc(Cc4n[nH]c(=O)c5cc(F)c(F)cc45)ccc3F)ccc2C1. The molecule has 0 spiro atoms. The van der Waals surface area contributed by atoms with Crippen molar-refractivity contribution in [1.82, 2.24) is 15.5 Å². The molecule has 10 heteroatoms. The zero-order chi connectivity index (χ0) is 24.7. The van der Waals surface area contributed by atoms with Crippen LogP contribution in [0.2, 0.25) is 0 Å². The van der Waals surface area contributed by atoms with Crippen LogP contribution in [0.1, 0.15) is 16.8 Å². The summed E-state index contributed by atoms with van der Waals surface area (Å²) < 4.78 is 46.9. The van der Waals surface area contributed by atoms with E-state index < -0.39 is 29.1 Å². The number of amidine groups is 1. The number of aromatic amines is 1. The fourth-order valence-electron chi connectivity index (χ4n) is 4.04. The third-order valence-corrected chi connectivity index (χ3v) is 5.75. The van der Waals surface area contributed by atoms with Crippen molar-refractivity contribution in [1.29, 1.82) is 0 Å². The van der Waals surface area contributed by atoms with Crippen LogP contribution in [0.15, 0.2) is 58.3 Å². The molecule has 0 radical (unpaired) electrons.